The second-order valence-electron chi connectivity index (χ2n) is 4.82. The Morgan fingerprint density at radius 3 is 2.05 bits per heavy atom. The minimum Gasteiger partial charge on any atom is -0.465 e. The van der Waals surface area contributed by atoms with E-state index in [-0.39, 0.29) is 5.96 Å². The Balaban J connectivity index is 2.02. The summed E-state index contributed by atoms with van der Waals surface area (Å²) in [7, 11) is 0. The number of rotatable bonds is 2. The number of piperidine rings is 1. The van der Waals surface area contributed by atoms with Gasteiger partial charge >= 0.3 is 0 Å². The predicted molar refractivity (Wildman–Crippen MR) is 85.6 cm³/mol. The average molecular weight is 296 g/mol. The number of nitrogens with two attached hydrogens (primary N) is 1. The van der Waals surface area contributed by atoms with Gasteiger partial charge in [-0.2, -0.15) is 0 Å². The van der Waals surface area contributed by atoms with Crippen LogP contribution in [0.2, 0.25) is 0 Å². The fraction of sp³-hybridized carbons (Fsp3) is 0.125. The van der Waals surface area contributed by atoms with E-state index < -0.39 is 0 Å². The van der Waals surface area contributed by atoms with Gasteiger partial charge < -0.3 is 19.9 Å². The molecule has 0 saturated carbocycles. The van der Waals surface area contributed by atoms with Gasteiger partial charge in [0.25, 0.3) is 0 Å². The summed E-state index contributed by atoms with van der Waals surface area (Å²) in [5, 5.41) is 10.8. The predicted octanol–water partition coefficient (Wildman–Crippen LogP) is 2.28. The van der Waals surface area contributed by atoms with Gasteiger partial charge in [0, 0.05) is 13.1 Å². The summed E-state index contributed by atoms with van der Waals surface area (Å²) in [5.41, 5.74) is 7.97. The van der Waals surface area contributed by atoms with Crippen molar-refractivity contribution in [1.29, 1.82) is 5.41 Å². The van der Waals surface area contributed by atoms with Gasteiger partial charge in [0.2, 0.25) is 5.96 Å². The molecule has 1 saturated heterocycles. The van der Waals surface area contributed by atoms with Crippen LogP contribution in [-0.2, 0) is 0 Å². The number of furan rings is 2. The molecule has 0 amide bonds. The number of hydrogen-bond donors (Lipinski definition) is 3. The third-order valence-corrected chi connectivity index (χ3v) is 3.19. The zero-order valence-corrected chi connectivity index (χ0v) is 11.9. The molecule has 0 spiro atoms. The standard InChI is InChI=1S/C16H16N4O2/c17-16(18)20-15-11(7-13-3-1-5-21-13)9-19-10-12(15)8-14-4-2-6-22-14/h1-8,19H,9-10H2,(H3,17,18)/b11-7+,12-8+. The molecule has 22 heavy (non-hydrogen) atoms. The highest BCUT2D eigenvalue weighted by atomic mass is 16.3. The quantitative estimate of drug-likeness (QED) is 0.584. The molecule has 6 heteroatoms. The molecule has 1 aliphatic heterocycles. The Labute approximate surface area is 127 Å². The van der Waals surface area contributed by atoms with E-state index in [0.717, 1.165) is 22.7 Å². The molecule has 6 nitrogen and oxygen atoms in total. The topological polar surface area (TPSA) is 101 Å². The molecule has 4 N–H and O–H groups in total. The molecule has 0 atom stereocenters. The van der Waals surface area contributed by atoms with Crippen LogP contribution in [0, 0.1) is 5.41 Å². The maximum absolute atomic E-state index is 7.48. The SMILES string of the molecule is N=C(N)N=C1/C(=C/c2ccco2)CNC/C1=C\c1ccco1. The van der Waals surface area contributed by atoms with Gasteiger partial charge in [0.05, 0.1) is 18.2 Å². The largest absolute Gasteiger partial charge is 0.465 e. The lowest BCUT2D eigenvalue weighted by Gasteiger charge is -2.21. The Morgan fingerprint density at radius 2 is 1.64 bits per heavy atom. The van der Waals surface area contributed by atoms with Crippen LogP contribution < -0.4 is 11.1 Å². The number of aliphatic imine (C=N–C) groups is 1. The molecule has 1 aliphatic rings. The Bertz CT molecular complexity index is 683. The molecule has 3 rings (SSSR count). The summed E-state index contributed by atoms with van der Waals surface area (Å²) < 4.78 is 10.7. The lowest BCUT2D eigenvalue weighted by Crippen LogP contribution is -2.34. The number of nitrogens with zero attached hydrogens (tertiary/aromatic N) is 1. The molecule has 0 radical (unpaired) electrons. The van der Waals surface area contributed by atoms with Gasteiger partial charge in [-0.05, 0) is 47.6 Å². The molecule has 0 aliphatic carbocycles. The molecular weight excluding hydrogens is 280 g/mol. The fourth-order valence-electron chi connectivity index (χ4n) is 2.30. The number of hydrogen-bond acceptors (Lipinski definition) is 4. The maximum atomic E-state index is 7.48. The van der Waals surface area contributed by atoms with Crippen LogP contribution in [0.25, 0.3) is 12.2 Å². The molecule has 1 fully saturated rings. The normalized spacial score (nSPS) is 18.8. The molecular formula is C16H16N4O2. The van der Waals surface area contributed by atoms with Crippen LogP contribution in [0.1, 0.15) is 11.5 Å². The van der Waals surface area contributed by atoms with E-state index in [9.17, 15) is 0 Å². The Kier molecular flexibility index (Phi) is 4.02. The van der Waals surface area contributed by atoms with Crippen molar-refractivity contribution in [2.45, 2.75) is 0 Å². The van der Waals surface area contributed by atoms with Gasteiger partial charge in [-0.1, -0.05) is 0 Å². The van der Waals surface area contributed by atoms with Crippen molar-refractivity contribution in [3.8, 4) is 0 Å². The average Bonchev–Trinajstić information content (AvgIpc) is 3.15. The van der Waals surface area contributed by atoms with E-state index in [1.807, 2.05) is 36.4 Å². The highest BCUT2D eigenvalue weighted by molar-refractivity contribution is 6.21. The van der Waals surface area contributed by atoms with E-state index in [0.29, 0.717) is 18.8 Å². The second-order valence-corrected chi connectivity index (χ2v) is 4.82. The van der Waals surface area contributed by atoms with Crippen LogP contribution >= 0.6 is 0 Å². The smallest absolute Gasteiger partial charge is 0.213 e. The Morgan fingerprint density at radius 1 is 1.09 bits per heavy atom. The monoisotopic (exact) mass is 296 g/mol. The molecule has 0 unspecified atom stereocenters. The van der Waals surface area contributed by atoms with E-state index in [2.05, 4.69) is 10.3 Å². The summed E-state index contributed by atoms with van der Waals surface area (Å²) >= 11 is 0. The third-order valence-electron chi connectivity index (χ3n) is 3.19. The molecule has 0 aromatic carbocycles. The number of guanidine groups is 1. The van der Waals surface area contributed by atoms with Crippen LogP contribution in [0.5, 0.6) is 0 Å². The Hall–Kier alpha value is -2.86. The van der Waals surface area contributed by atoms with Crippen LogP contribution in [0.3, 0.4) is 0 Å². The zero-order valence-electron chi connectivity index (χ0n) is 11.9. The van der Waals surface area contributed by atoms with Crippen molar-refractivity contribution in [1.82, 2.24) is 5.32 Å². The number of nitrogens with one attached hydrogen (secondary N) is 2. The van der Waals surface area contributed by atoms with Crippen LogP contribution in [0.4, 0.5) is 0 Å². The van der Waals surface area contributed by atoms with Crippen LogP contribution in [-0.4, -0.2) is 24.8 Å². The first-order chi connectivity index (χ1) is 10.7. The van der Waals surface area contributed by atoms with Gasteiger partial charge in [-0.3, -0.25) is 5.41 Å². The highest BCUT2D eigenvalue weighted by Crippen LogP contribution is 2.19. The third kappa shape index (κ3) is 3.24. The van der Waals surface area contributed by atoms with Crippen molar-refractivity contribution in [2.24, 2.45) is 10.7 Å². The van der Waals surface area contributed by atoms with E-state index in [4.69, 9.17) is 20.0 Å². The molecule has 3 heterocycles. The zero-order chi connectivity index (χ0) is 15.4. The van der Waals surface area contributed by atoms with E-state index in [1.165, 1.54) is 0 Å². The van der Waals surface area contributed by atoms with E-state index in [1.54, 1.807) is 12.5 Å². The first-order valence-corrected chi connectivity index (χ1v) is 6.85. The minimum absolute atomic E-state index is 0.229. The van der Waals surface area contributed by atoms with Gasteiger partial charge in [-0.15, -0.1) is 0 Å². The van der Waals surface area contributed by atoms with Crippen molar-refractivity contribution in [3.63, 3.8) is 0 Å². The van der Waals surface area contributed by atoms with Crippen LogP contribution in [0.15, 0.2) is 61.8 Å². The van der Waals surface area contributed by atoms with Crippen molar-refractivity contribution in [3.05, 3.63) is 59.5 Å². The lowest BCUT2D eigenvalue weighted by atomic mass is 9.96. The van der Waals surface area contributed by atoms with Gasteiger partial charge in [-0.25, -0.2) is 4.99 Å². The summed E-state index contributed by atoms with van der Waals surface area (Å²) in [6.07, 6.45) is 7.02. The molecule has 2 aromatic rings. The van der Waals surface area contributed by atoms with Gasteiger partial charge in [0.1, 0.15) is 11.5 Å². The molecule has 0 bridgehead atoms. The maximum Gasteiger partial charge on any atom is 0.213 e. The first kappa shape index (κ1) is 14.1. The molecule has 112 valence electrons. The minimum atomic E-state index is -0.229. The fourth-order valence-corrected chi connectivity index (χ4v) is 2.30. The first-order valence-electron chi connectivity index (χ1n) is 6.85. The van der Waals surface area contributed by atoms with Crippen molar-refractivity contribution in [2.75, 3.05) is 13.1 Å². The highest BCUT2D eigenvalue weighted by Gasteiger charge is 2.19. The molecule has 2 aromatic heterocycles. The summed E-state index contributed by atoms with van der Waals surface area (Å²) in [6, 6.07) is 7.37. The summed E-state index contributed by atoms with van der Waals surface area (Å²) in [6.45, 7) is 1.25. The summed E-state index contributed by atoms with van der Waals surface area (Å²) in [4.78, 5) is 4.18. The van der Waals surface area contributed by atoms with Crippen molar-refractivity contribution >= 4 is 23.8 Å². The van der Waals surface area contributed by atoms with Gasteiger partial charge in [0.15, 0.2) is 0 Å². The van der Waals surface area contributed by atoms with E-state index >= 15 is 0 Å². The lowest BCUT2D eigenvalue weighted by molar-refractivity contribution is 0.556. The van der Waals surface area contributed by atoms with Crippen molar-refractivity contribution < 1.29 is 8.83 Å². The summed E-state index contributed by atoms with van der Waals surface area (Å²) in [5.74, 6) is 1.23. The second kappa shape index (κ2) is 6.28.